The maximum atomic E-state index is 13.6. The molecule has 3 heterocycles. The number of benzene rings is 3. The molecule has 0 saturated heterocycles. The zero-order valence-electron chi connectivity index (χ0n) is 18.5. The highest BCUT2D eigenvalue weighted by atomic mass is 19.1. The second-order valence-electron chi connectivity index (χ2n) is 8.17. The highest BCUT2D eigenvalue weighted by molar-refractivity contribution is 6.04. The number of para-hydroxylation sites is 2. The lowest BCUT2D eigenvalue weighted by Gasteiger charge is -2.05. The number of rotatable bonds is 5. The second-order valence-corrected chi connectivity index (χ2v) is 8.17. The zero-order chi connectivity index (χ0) is 23.8. The van der Waals surface area contributed by atoms with Gasteiger partial charge >= 0.3 is 0 Å². The minimum absolute atomic E-state index is 0.198. The molecule has 0 spiro atoms. The van der Waals surface area contributed by atoms with Crippen molar-refractivity contribution in [2.75, 3.05) is 0 Å². The molecule has 0 aliphatic carbocycles. The summed E-state index contributed by atoms with van der Waals surface area (Å²) in [4.78, 5) is 27.7. The number of aryl methyl sites for hydroxylation is 2. The van der Waals surface area contributed by atoms with E-state index in [1.54, 1.807) is 22.9 Å². The van der Waals surface area contributed by atoms with E-state index >= 15 is 0 Å². The van der Waals surface area contributed by atoms with Gasteiger partial charge < -0.3 is 0 Å². The van der Waals surface area contributed by atoms with Crippen molar-refractivity contribution in [1.29, 1.82) is 0 Å². The van der Waals surface area contributed by atoms with Crippen LogP contribution >= 0.6 is 0 Å². The Balaban J connectivity index is 1.53. The fourth-order valence-electron chi connectivity index (χ4n) is 4.09. The summed E-state index contributed by atoms with van der Waals surface area (Å²) in [5.74, 6) is -0.325. The molecule has 0 saturated carbocycles. The van der Waals surface area contributed by atoms with Crippen LogP contribution in [0.25, 0.3) is 33.2 Å². The van der Waals surface area contributed by atoms with Crippen molar-refractivity contribution in [3.63, 3.8) is 0 Å². The van der Waals surface area contributed by atoms with Crippen molar-refractivity contribution in [3.8, 4) is 0 Å². The zero-order valence-corrected chi connectivity index (χ0v) is 18.5. The maximum absolute atomic E-state index is 13.6. The van der Waals surface area contributed by atoms with Gasteiger partial charge in [0.25, 0.3) is 5.56 Å². The van der Waals surface area contributed by atoms with Crippen LogP contribution in [0.4, 0.5) is 4.39 Å². The van der Waals surface area contributed by atoms with Crippen LogP contribution in [-0.4, -0.2) is 30.4 Å². The summed E-state index contributed by atoms with van der Waals surface area (Å²) >= 11 is 0. The predicted octanol–water partition coefficient (Wildman–Crippen LogP) is 4.56. The Kier molecular flexibility index (Phi) is 5.11. The summed E-state index contributed by atoms with van der Waals surface area (Å²) in [6.45, 7) is 0.484. The topological polar surface area (TPSA) is 78.0 Å². The van der Waals surface area contributed by atoms with E-state index in [-0.39, 0.29) is 11.4 Å². The Morgan fingerprint density at radius 2 is 1.57 bits per heavy atom. The van der Waals surface area contributed by atoms with Crippen molar-refractivity contribution < 1.29 is 4.39 Å². The first-order valence-electron chi connectivity index (χ1n) is 11.2. The van der Waals surface area contributed by atoms with E-state index in [0.717, 1.165) is 5.56 Å². The lowest BCUT2D eigenvalue weighted by molar-refractivity contribution is 0.628. The molecule has 3 aromatic heterocycles. The molecule has 6 rings (SSSR count). The molecule has 0 unspecified atom stereocenters. The fraction of sp³-hybridized carbons (Fsp3) is 0.0741. The van der Waals surface area contributed by atoms with Gasteiger partial charge in [0.2, 0.25) is 0 Å². The third kappa shape index (κ3) is 3.85. The second kappa shape index (κ2) is 8.57. The van der Waals surface area contributed by atoms with E-state index in [4.69, 9.17) is 9.97 Å². The molecule has 0 N–H and O–H groups in total. The molecule has 0 aliphatic rings. The molecule has 3 aromatic carbocycles. The van der Waals surface area contributed by atoms with E-state index in [1.807, 2.05) is 54.6 Å². The molecular weight excluding hydrogens is 443 g/mol. The first-order chi connectivity index (χ1) is 17.2. The van der Waals surface area contributed by atoms with E-state index in [0.29, 0.717) is 51.8 Å². The summed E-state index contributed by atoms with van der Waals surface area (Å²) < 4.78 is 16.4. The van der Waals surface area contributed by atoms with Gasteiger partial charge in [-0.25, -0.2) is 19.3 Å². The molecule has 0 fully saturated rings. The van der Waals surface area contributed by atoms with Gasteiger partial charge in [-0.15, -0.1) is 0 Å². The van der Waals surface area contributed by atoms with Gasteiger partial charge in [-0.05, 0) is 41.8 Å². The van der Waals surface area contributed by atoms with Gasteiger partial charge in [0, 0.05) is 6.54 Å². The Hall–Kier alpha value is -4.72. The van der Waals surface area contributed by atoms with Crippen molar-refractivity contribution in [1.82, 2.24) is 24.2 Å². The highest BCUT2D eigenvalue weighted by Crippen LogP contribution is 2.25. The van der Waals surface area contributed by atoms with Gasteiger partial charge in [0.1, 0.15) is 16.7 Å². The fourth-order valence-corrected chi connectivity index (χ4v) is 4.09. The summed E-state index contributed by atoms with van der Waals surface area (Å²) in [6.07, 6.45) is 3.82. The third-order valence-corrected chi connectivity index (χ3v) is 5.88. The molecule has 0 aliphatic heterocycles. The number of nitrogens with zero attached hydrogens (tertiary/aromatic N) is 6. The van der Waals surface area contributed by atoms with Gasteiger partial charge in [-0.3, -0.25) is 9.36 Å². The van der Waals surface area contributed by atoms with Crippen molar-refractivity contribution in [2.24, 2.45) is 5.10 Å². The Bertz CT molecular complexity index is 1770. The Morgan fingerprint density at radius 3 is 2.34 bits per heavy atom. The van der Waals surface area contributed by atoms with Crippen LogP contribution in [0.5, 0.6) is 0 Å². The van der Waals surface area contributed by atoms with Crippen LogP contribution in [0.15, 0.2) is 95.1 Å². The van der Waals surface area contributed by atoms with E-state index in [1.165, 1.54) is 23.1 Å². The van der Waals surface area contributed by atoms with Crippen LogP contribution in [0, 0.1) is 5.82 Å². The number of aromatic nitrogens is 5. The van der Waals surface area contributed by atoms with Gasteiger partial charge in [0.15, 0.2) is 11.3 Å². The van der Waals surface area contributed by atoms with E-state index in [9.17, 15) is 9.18 Å². The van der Waals surface area contributed by atoms with Gasteiger partial charge in [-0.2, -0.15) is 9.78 Å². The smallest absolute Gasteiger partial charge is 0.265 e. The monoisotopic (exact) mass is 462 g/mol. The largest absolute Gasteiger partial charge is 0.298 e. The first-order valence-corrected chi connectivity index (χ1v) is 11.2. The number of halogens is 1. The van der Waals surface area contributed by atoms with Crippen LogP contribution < -0.4 is 5.56 Å². The van der Waals surface area contributed by atoms with E-state index in [2.05, 4.69) is 10.1 Å². The normalized spacial score (nSPS) is 11.8. The molecule has 0 bridgehead atoms. The Labute approximate surface area is 198 Å². The number of fused-ring (bicyclic) bond motifs is 4. The van der Waals surface area contributed by atoms with Gasteiger partial charge in [-0.1, -0.05) is 54.6 Å². The predicted molar refractivity (Wildman–Crippen MR) is 134 cm³/mol. The van der Waals surface area contributed by atoms with Gasteiger partial charge in [0.05, 0.1) is 23.6 Å². The Morgan fingerprint density at radius 1 is 0.857 bits per heavy atom. The number of hydrogen-bond acceptors (Lipinski definition) is 5. The van der Waals surface area contributed by atoms with Crippen molar-refractivity contribution in [3.05, 3.63) is 112 Å². The summed E-state index contributed by atoms with van der Waals surface area (Å²) in [7, 11) is 0. The highest BCUT2D eigenvalue weighted by Gasteiger charge is 2.19. The average Bonchev–Trinajstić information content (AvgIpc) is 3.20. The lowest BCUT2D eigenvalue weighted by atomic mass is 10.1. The molecule has 170 valence electrons. The molecule has 35 heavy (non-hydrogen) atoms. The van der Waals surface area contributed by atoms with Crippen LogP contribution in [0.1, 0.15) is 11.1 Å². The summed E-state index contributed by atoms with van der Waals surface area (Å²) in [5, 5.41) is 4.92. The standard InChI is InChI=1S/C27H19FN6O/c28-20-12-10-19(11-13-20)16-30-34-25-23(24-26(34)32-22-9-5-4-8-21(22)31-24)27(35)33(17-29-25)15-14-18-6-2-1-3-7-18/h1-13,16-17H,14-15H2. The summed E-state index contributed by atoms with van der Waals surface area (Å²) in [5.41, 5.74) is 4.25. The first kappa shape index (κ1) is 20.9. The quantitative estimate of drug-likeness (QED) is 0.352. The minimum Gasteiger partial charge on any atom is -0.298 e. The van der Waals surface area contributed by atoms with Crippen molar-refractivity contribution >= 4 is 39.4 Å². The van der Waals surface area contributed by atoms with Crippen LogP contribution in [-0.2, 0) is 13.0 Å². The molecule has 0 amide bonds. The molecule has 7 nitrogen and oxygen atoms in total. The van der Waals surface area contributed by atoms with Crippen molar-refractivity contribution in [2.45, 2.75) is 13.0 Å². The van der Waals surface area contributed by atoms with Crippen LogP contribution in [0.3, 0.4) is 0 Å². The lowest BCUT2D eigenvalue weighted by Crippen LogP contribution is -2.21. The van der Waals surface area contributed by atoms with E-state index < -0.39 is 0 Å². The minimum atomic E-state index is -0.325. The maximum Gasteiger partial charge on any atom is 0.265 e. The molecule has 6 aromatic rings. The molecule has 0 radical (unpaired) electrons. The molecular formula is C27H19FN6O. The molecule has 8 heteroatoms. The third-order valence-electron chi connectivity index (χ3n) is 5.88. The van der Waals surface area contributed by atoms with Crippen LogP contribution in [0.2, 0.25) is 0 Å². The average molecular weight is 462 g/mol. The number of hydrogen-bond donors (Lipinski definition) is 0. The molecule has 0 atom stereocenters. The summed E-state index contributed by atoms with van der Waals surface area (Å²) in [6, 6.07) is 23.4. The SMILES string of the molecule is O=c1c2c3nc4ccccc4nc3n(N=Cc3ccc(F)cc3)c2ncn1CCc1ccccc1.